The average Bonchev–Trinajstić information content (AvgIpc) is 2.73. The van der Waals surface area contributed by atoms with Gasteiger partial charge in [-0.3, -0.25) is 4.90 Å². The summed E-state index contributed by atoms with van der Waals surface area (Å²) in [6.45, 7) is 4.04. The lowest BCUT2D eigenvalue weighted by Crippen LogP contribution is -2.34. The summed E-state index contributed by atoms with van der Waals surface area (Å²) in [4.78, 5) is 3.07. The van der Waals surface area contributed by atoms with E-state index in [0.717, 1.165) is 29.2 Å². The first-order chi connectivity index (χ1) is 13.6. The zero-order valence-electron chi connectivity index (χ0n) is 16.5. The molecule has 1 aliphatic rings. The predicted octanol–water partition coefficient (Wildman–Crippen LogP) is 6.62. The molecule has 2 rings (SSSR count). The molecule has 0 radical (unpaired) electrons. The number of nitrogens with one attached hydrogen (secondary N) is 1. The molecule has 1 aromatic rings. The Kier molecular flexibility index (Phi) is 16.0. The van der Waals surface area contributed by atoms with Gasteiger partial charge in [0.05, 0.1) is 5.69 Å². The number of anilines is 1. The van der Waals surface area contributed by atoms with Crippen molar-refractivity contribution in [1.29, 1.82) is 0 Å². The van der Waals surface area contributed by atoms with E-state index in [1.165, 1.54) is 36.8 Å². The van der Waals surface area contributed by atoms with E-state index < -0.39 is 6.17 Å². The molecule has 0 amide bonds. The van der Waals surface area contributed by atoms with Crippen molar-refractivity contribution in [2.75, 3.05) is 30.6 Å². The van der Waals surface area contributed by atoms with Gasteiger partial charge in [-0.25, -0.2) is 8.78 Å². The Balaban J connectivity index is 0.00000171. The van der Waals surface area contributed by atoms with Gasteiger partial charge in [-0.1, -0.05) is 24.1 Å². The minimum absolute atomic E-state index is 0.294. The van der Waals surface area contributed by atoms with Crippen LogP contribution in [-0.4, -0.2) is 36.9 Å². The summed E-state index contributed by atoms with van der Waals surface area (Å²) in [5.41, 5.74) is 1.71. The van der Waals surface area contributed by atoms with E-state index >= 15 is 0 Å². The fourth-order valence-electron chi connectivity index (χ4n) is 2.55. The number of halogens is 4. The van der Waals surface area contributed by atoms with Crippen LogP contribution in [-0.2, 0) is 6.54 Å². The summed E-state index contributed by atoms with van der Waals surface area (Å²) < 4.78 is 30.1. The van der Waals surface area contributed by atoms with Crippen LogP contribution in [0.5, 0.6) is 0 Å². The van der Waals surface area contributed by atoms with Crippen molar-refractivity contribution in [3.8, 4) is 12.3 Å². The predicted molar refractivity (Wildman–Crippen MR) is 122 cm³/mol. The van der Waals surface area contributed by atoms with Crippen LogP contribution < -0.4 is 4.72 Å². The second kappa shape index (κ2) is 16.7. The number of benzene rings is 1. The standard InChI is InChI=1S/C19H22F2N2S.2CH3Cl/c1-3-5-18(6-4-2)24-22-19-13-17(21)8-7-15(19)14-23-11-9-16(20)10-12-23;2*1-2/h1,4-8,13,16,22H,9-12,14H2,2H3;2*1H3/b6-4-,18-5+;;. The third-order valence-electron chi connectivity index (χ3n) is 3.82. The Labute approximate surface area is 182 Å². The Morgan fingerprint density at radius 1 is 1.32 bits per heavy atom. The van der Waals surface area contributed by atoms with E-state index in [1.807, 2.05) is 19.1 Å². The summed E-state index contributed by atoms with van der Waals surface area (Å²) in [5, 5.41) is 0. The second-order valence-corrected chi connectivity index (χ2v) is 6.55. The van der Waals surface area contributed by atoms with Crippen molar-refractivity contribution in [1.82, 2.24) is 4.90 Å². The summed E-state index contributed by atoms with van der Waals surface area (Å²) >= 11 is 10.6. The van der Waals surface area contributed by atoms with Gasteiger partial charge in [0, 0.05) is 43.4 Å². The summed E-state index contributed by atoms with van der Waals surface area (Å²) in [6, 6.07) is 4.71. The van der Waals surface area contributed by atoms with Gasteiger partial charge in [-0.05, 0) is 49.4 Å². The van der Waals surface area contributed by atoms with Crippen LogP contribution in [0.1, 0.15) is 25.3 Å². The summed E-state index contributed by atoms with van der Waals surface area (Å²) in [5.74, 6) is 2.20. The van der Waals surface area contributed by atoms with E-state index in [4.69, 9.17) is 6.42 Å². The maximum Gasteiger partial charge on any atom is 0.125 e. The van der Waals surface area contributed by atoms with Crippen LogP contribution in [0.2, 0.25) is 0 Å². The van der Waals surface area contributed by atoms with E-state index in [0.29, 0.717) is 19.4 Å². The highest BCUT2D eigenvalue weighted by atomic mass is 35.5. The number of alkyl halides is 3. The van der Waals surface area contributed by atoms with Crippen LogP contribution in [0.25, 0.3) is 0 Å². The number of rotatable bonds is 6. The first-order valence-electron chi connectivity index (χ1n) is 8.74. The van der Waals surface area contributed by atoms with Crippen molar-refractivity contribution >= 4 is 40.8 Å². The third kappa shape index (κ3) is 10.4. The fraction of sp³-hybridized carbons (Fsp3) is 0.429. The van der Waals surface area contributed by atoms with Gasteiger partial charge < -0.3 is 4.72 Å². The smallest absolute Gasteiger partial charge is 0.125 e. The average molecular weight is 449 g/mol. The number of terminal acetylenes is 1. The number of piperidine rings is 1. The van der Waals surface area contributed by atoms with Crippen molar-refractivity contribution in [2.45, 2.75) is 32.5 Å². The van der Waals surface area contributed by atoms with Gasteiger partial charge in [0.15, 0.2) is 0 Å². The molecule has 0 aliphatic carbocycles. The minimum Gasteiger partial charge on any atom is -0.325 e. The van der Waals surface area contributed by atoms with Gasteiger partial charge in [0.2, 0.25) is 0 Å². The highest BCUT2D eigenvalue weighted by molar-refractivity contribution is 8.04. The van der Waals surface area contributed by atoms with E-state index in [-0.39, 0.29) is 5.82 Å². The zero-order valence-corrected chi connectivity index (χ0v) is 18.9. The van der Waals surface area contributed by atoms with Crippen molar-refractivity contribution in [3.05, 3.63) is 52.7 Å². The molecule has 1 aromatic carbocycles. The van der Waals surface area contributed by atoms with E-state index in [9.17, 15) is 8.78 Å². The molecule has 0 unspecified atom stereocenters. The molecule has 1 saturated heterocycles. The molecule has 0 atom stereocenters. The maximum atomic E-state index is 13.6. The Morgan fingerprint density at radius 2 is 1.96 bits per heavy atom. The van der Waals surface area contributed by atoms with Crippen LogP contribution >= 0.6 is 35.1 Å². The van der Waals surface area contributed by atoms with Gasteiger partial charge in [0.25, 0.3) is 0 Å². The lowest BCUT2D eigenvalue weighted by Gasteiger charge is -2.29. The SMILES string of the molecule is C#C/C=C(\C=C/C)SNc1cc(F)ccc1CN1CCC(F)CC1.CCl.CCl. The molecule has 28 heavy (non-hydrogen) atoms. The highest BCUT2D eigenvalue weighted by Gasteiger charge is 2.19. The first kappa shape index (κ1) is 26.8. The summed E-state index contributed by atoms with van der Waals surface area (Å²) in [7, 11) is 0. The largest absolute Gasteiger partial charge is 0.325 e. The lowest BCUT2D eigenvalue weighted by molar-refractivity contribution is 0.145. The molecule has 0 bridgehead atoms. The summed E-state index contributed by atoms with van der Waals surface area (Å²) in [6.07, 6.45) is 14.1. The second-order valence-electron chi connectivity index (χ2n) is 5.67. The minimum atomic E-state index is -0.695. The molecule has 1 heterocycles. The van der Waals surface area contributed by atoms with Gasteiger partial charge >= 0.3 is 0 Å². The van der Waals surface area contributed by atoms with Gasteiger partial charge in [-0.2, -0.15) is 0 Å². The van der Waals surface area contributed by atoms with Gasteiger partial charge in [0.1, 0.15) is 12.0 Å². The van der Waals surface area contributed by atoms with Crippen molar-refractivity contribution < 1.29 is 8.78 Å². The van der Waals surface area contributed by atoms with Crippen LogP contribution in [0.3, 0.4) is 0 Å². The number of nitrogens with zero attached hydrogens (tertiary/aromatic N) is 1. The third-order valence-corrected chi connectivity index (χ3v) is 4.63. The molecule has 0 aromatic heterocycles. The quantitative estimate of drug-likeness (QED) is 0.227. The molecule has 1 aliphatic heterocycles. The highest BCUT2D eigenvalue weighted by Crippen LogP contribution is 2.27. The van der Waals surface area contributed by atoms with Crippen molar-refractivity contribution in [2.24, 2.45) is 0 Å². The van der Waals surface area contributed by atoms with E-state index in [1.54, 1.807) is 12.1 Å². The van der Waals surface area contributed by atoms with Crippen LogP contribution in [0.15, 0.2) is 41.3 Å². The Morgan fingerprint density at radius 3 is 2.54 bits per heavy atom. The monoisotopic (exact) mass is 448 g/mol. The zero-order chi connectivity index (χ0) is 21.4. The maximum absolute atomic E-state index is 13.6. The number of hydrogen-bond acceptors (Lipinski definition) is 3. The topological polar surface area (TPSA) is 15.3 Å². The normalized spacial score (nSPS) is 15.1. The van der Waals surface area contributed by atoms with Crippen LogP contribution in [0, 0.1) is 18.2 Å². The van der Waals surface area contributed by atoms with Gasteiger partial charge in [-0.15, -0.1) is 29.6 Å². The lowest BCUT2D eigenvalue weighted by atomic mass is 10.1. The van der Waals surface area contributed by atoms with E-state index in [2.05, 4.69) is 38.7 Å². The molecule has 1 fully saturated rings. The molecule has 0 spiro atoms. The Hall–Kier alpha value is -1.19. The molecule has 1 N–H and O–H groups in total. The number of allylic oxidation sites excluding steroid dienone is 3. The molecule has 2 nitrogen and oxygen atoms in total. The molecular formula is C21H28Cl2F2N2S. The van der Waals surface area contributed by atoms with Crippen LogP contribution in [0.4, 0.5) is 14.5 Å². The first-order valence-corrected chi connectivity index (χ1v) is 11.1. The fourth-order valence-corrected chi connectivity index (χ4v) is 3.30. The van der Waals surface area contributed by atoms with Crippen molar-refractivity contribution in [3.63, 3.8) is 0 Å². The molecule has 7 heteroatoms. The number of likely N-dealkylation sites (tertiary alicyclic amines) is 1. The molecule has 0 saturated carbocycles. The molecule has 156 valence electrons. The Bertz CT molecular complexity index is 652. The number of hydrogen-bond donors (Lipinski definition) is 1. The molecular weight excluding hydrogens is 421 g/mol.